The van der Waals surface area contributed by atoms with E-state index in [1.54, 1.807) is 17.8 Å². The highest BCUT2D eigenvalue weighted by Gasteiger charge is 2.03. The van der Waals surface area contributed by atoms with Crippen molar-refractivity contribution in [3.8, 4) is 0 Å². The van der Waals surface area contributed by atoms with Crippen molar-refractivity contribution in [3.05, 3.63) is 29.6 Å². The average molecular weight is 228 g/mol. The summed E-state index contributed by atoms with van der Waals surface area (Å²) >= 11 is 1.69. The number of benzene rings is 1. The fraction of sp³-hybridized carbons (Fsp3) is 0.500. The summed E-state index contributed by atoms with van der Waals surface area (Å²) in [5.41, 5.74) is 0.691. The van der Waals surface area contributed by atoms with E-state index in [1.165, 1.54) is 31.4 Å². The van der Waals surface area contributed by atoms with Gasteiger partial charge in [-0.3, -0.25) is 0 Å². The molecule has 84 valence electrons. The van der Waals surface area contributed by atoms with Crippen molar-refractivity contribution >= 4 is 11.8 Å². The first kappa shape index (κ1) is 12.5. The summed E-state index contributed by atoms with van der Waals surface area (Å²) in [7, 11) is 0. The van der Waals surface area contributed by atoms with Crippen LogP contribution in [-0.2, 0) is 6.61 Å². The van der Waals surface area contributed by atoms with E-state index in [0.29, 0.717) is 5.56 Å². The van der Waals surface area contributed by atoms with Crippen LogP contribution < -0.4 is 0 Å². The first-order valence-corrected chi connectivity index (χ1v) is 6.28. The van der Waals surface area contributed by atoms with Crippen molar-refractivity contribution in [1.82, 2.24) is 0 Å². The number of rotatable bonds is 6. The Kier molecular flexibility index (Phi) is 5.73. The maximum absolute atomic E-state index is 12.9. The topological polar surface area (TPSA) is 20.2 Å². The van der Waals surface area contributed by atoms with Crippen molar-refractivity contribution in [1.29, 1.82) is 0 Å². The Morgan fingerprint density at radius 1 is 1.33 bits per heavy atom. The zero-order chi connectivity index (χ0) is 11.1. The third kappa shape index (κ3) is 4.22. The van der Waals surface area contributed by atoms with E-state index in [-0.39, 0.29) is 12.4 Å². The van der Waals surface area contributed by atoms with Gasteiger partial charge in [-0.1, -0.05) is 19.8 Å². The van der Waals surface area contributed by atoms with Gasteiger partial charge >= 0.3 is 0 Å². The minimum atomic E-state index is -0.281. The van der Waals surface area contributed by atoms with Gasteiger partial charge in [0.2, 0.25) is 0 Å². The van der Waals surface area contributed by atoms with E-state index in [1.807, 2.05) is 0 Å². The second kappa shape index (κ2) is 6.85. The van der Waals surface area contributed by atoms with Crippen LogP contribution in [0, 0.1) is 5.82 Å². The predicted molar refractivity (Wildman–Crippen MR) is 62.6 cm³/mol. The molecule has 0 bridgehead atoms. The molecule has 1 aromatic rings. The van der Waals surface area contributed by atoms with Crippen molar-refractivity contribution in [3.63, 3.8) is 0 Å². The predicted octanol–water partition coefficient (Wildman–Crippen LogP) is 3.60. The zero-order valence-electron chi connectivity index (χ0n) is 9.00. The van der Waals surface area contributed by atoms with Crippen LogP contribution in [0.4, 0.5) is 4.39 Å². The van der Waals surface area contributed by atoms with Crippen LogP contribution in [0.15, 0.2) is 23.1 Å². The maximum atomic E-state index is 12.9. The summed E-state index contributed by atoms with van der Waals surface area (Å²) in [4.78, 5) is 0.995. The van der Waals surface area contributed by atoms with E-state index < -0.39 is 0 Å². The molecule has 0 aromatic heterocycles. The Labute approximate surface area is 94.7 Å². The van der Waals surface area contributed by atoms with Gasteiger partial charge in [0.25, 0.3) is 0 Å². The molecule has 0 unspecified atom stereocenters. The summed E-state index contributed by atoms with van der Waals surface area (Å²) in [6.45, 7) is 2.08. The first-order chi connectivity index (χ1) is 7.27. The number of hydrogen-bond donors (Lipinski definition) is 1. The van der Waals surface area contributed by atoms with E-state index in [2.05, 4.69) is 6.92 Å². The number of aliphatic hydroxyl groups excluding tert-OH is 1. The molecule has 1 N–H and O–H groups in total. The Morgan fingerprint density at radius 2 is 2.13 bits per heavy atom. The number of thioether (sulfide) groups is 1. The van der Waals surface area contributed by atoms with Gasteiger partial charge in [0, 0.05) is 4.90 Å². The third-order valence-electron chi connectivity index (χ3n) is 2.20. The average Bonchev–Trinajstić information content (AvgIpc) is 2.26. The lowest BCUT2D eigenvalue weighted by Crippen LogP contribution is -1.90. The van der Waals surface area contributed by atoms with Crippen molar-refractivity contribution < 1.29 is 9.50 Å². The molecule has 15 heavy (non-hydrogen) atoms. The molecule has 1 nitrogen and oxygen atoms in total. The largest absolute Gasteiger partial charge is 0.392 e. The fourth-order valence-corrected chi connectivity index (χ4v) is 2.39. The number of halogens is 1. The van der Waals surface area contributed by atoms with Gasteiger partial charge in [-0.25, -0.2) is 4.39 Å². The molecule has 0 aliphatic rings. The molecule has 0 amide bonds. The molecule has 0 fully saturated rings. The molecule has 0 spiro atoms. The van der Waals surface area contributed by atoms with Gasteiger partial charge in [-0.15, -0.1) is 11.8 Å². The Morgan fingerprint density at radius 3 is 2.80 bits per heavy atom. The highest BCUT2D eigenvalue weighted by atomic mass is 32.2. The lowest BCUT2D eigenvalue weighted by molar-refractivity contribution is 0.278. The van der Waals surface area contributed by atoms with Crippen LogP contribution in [0.2, 0.25) is 0 Å². The molecule has 3 heteroatoms. The standard InChI is InChI=1S/C12H17FOS/c1-2-3-4-7-15-12-6-5-11(13)8-10(12)9-14/h5-6,8,14H,2-4,7,9H2,1H3. The van der Waals surface area contributed by atoms with Crippen LogP contribution in [0.3, 0.4) is 0 Å². The minimum Gasteiger partial charge on any atom is -0.392 e. The van der Waals surface area contributed by atoms with Crippen LogP contribution in [0.5, 0.6) is 0 Å². The van der Waals surface area contributed by atoms with E-state index >= 15 is 0 Å². The van der Waals surface area contributed by atoms with E-state index in [9.17, 15) is 4.39 Å². The van der Waals surface area contributed by atoms with Crippen molar-refractivity contribution in [2.75, 3.05) is 5.75 Å². The number of aliphatic hydroxyl groups is 1. The summed E-state index contributed by atoms with van der Waals surface area (Å²) < 4.78 is 12.9. The number of hydrogen-bond acceptors (Lipinski definition) is 2. The monoisotopic (exact) mass is 228 g/mol. The van der Waals surface area contributed by atoms with Gasteiger partial charge in [0.1, 0.15) is 5.82 Å². The Balaban J connectivity index is 2.52. The molecule has 0 saturated heterocycles. The van der Waals surface area contributed by atoms with Crippen LogP contribution in [0.1, 0.15) is 31.7 Å². The van der Waals surface area contributed by atoms with Gasteiger partial charge in [-0.05, 0) is 35.9 Å². The minimum absolute atomic E-state index is 0.0894. The zero-order valence-corrected chi connectivity index (χ0v) is 9.82. The van der Waals surface area contributed by atoms with Crippen LogP contribution >= 0.6 is 11.8 Å². The molecule has 0 saturated carbocycles. The summed E-state index contributed by atoms with van der Waals surface area (Å²) in [5.74, 6) is 0.754. The summed E-state index contributed by atoms with van der Waals surface area (Å²) in [6.07, 6.45) is 3.60. The Bertz CT molecular complexity index is 302. The SMILES string of the molecule is CCCCCSc1ccc(F)cc1CO. The van der Waals surface area contributed by atoms with Crippen molar-refractivity contribution in [2.24, 2.45) is 0 Å². The second-order valence-electron chi connectivity index (χ2n) is 3.47. The highest BCUT2D eigenvalue weighted by molar-refractivity contribution is 7.99. The lowest BCUT2D eigenvalue weighted by Gasteiger charge is -2.06. The quantitative estimate of drug-likeness (QED) is 0.593. The highest BCUT2D eigenvalue weighted by Crippen LogP contribution is 2.24. The molecule has 1 rings (SSSR count). The molecule has 0 radical (unpaired) electrons. The molecule has 1 aromatic carbocycles. The fourth-order valence-electron chi connectivity index (χ4n) is 1.35. The van der Waals surface area contributed by atoms with Crippen LogP contribution in [0.25, 0.3) is 0 Å². The van der Waals surface area contributed by atoms with Gasteiger partial charge < -0.3 is 5.11 Å². The van der Waals surface area contributed by atoms with E-state index in [0.717, 1.165) is 10.6 Å². The van der Waals surface area contributed by atoms with Crippen molar-refractivity contribution in [2.45, 2.75) is 37.7 Å². The summed E-state index contributed by atoms with van der Waals surface area (Å²) in [6, 6.07) is 4.60. The normalized spacial score (nSPS) is 10.6. The van der Waals surface area contributed by atoms with Crippen LogP contribution in [-0.4, -0.2) is 10.9 Å². The Hall–Kier alpha value is -0.540. The molecular formula is C12H17FOS. The number of unbranched alkanes of at least 4 members (excludes halogenated alkanes) is 2. The molecule has 0 aliphatic heterocycles. The van der Waals surface area contributed by atoms with Gasteiger partial charge in [-0.2, -0.15) is 0 Å². The van der Waals surface area contributed by atoms with Gasteiger partial charge in [0.05, 0.1) is 6.61 Å². The molecule has 0 heterocycles. The molecule has 0 aliphatic carbocycles. The van der Waals surface area contributed by atoms with Gasteiger partial charge in [0.15, 0.2) is 0 Å². The maximum Gasteiger partial charge on any atom is 0.123 e. The molecule has 0 atom stereocenters. The third-order valence-corrected chi connectivity index (χ3v) is 3.40. The van der Waals surface area contributed by atoms with E-state index in [4.69, 9.17) is 5.11 Å². The second-order valence-corrected chi connectivity index (χ2v) is 4.60. The summed E-state index contributed by atoms with van der Waals surface area (Å²) in [5, 5.41) is 9.07. The smallest absolute Gasteiger partial charge is 0.123 e. The first-order valence-electron chi connectivity index (χ1n) is 5.30. The lowest BCUT2D eigenvalue weighted by atomic mass is 10.2. The molecular weight excluding hydrogens is 211 g/mol.